The number of aromatic nitrogens is 2. The standard InChI is InChI=1S/C18H15FN6O/c1-3-25-10-14(12(2)24-25)11-26-18-5-4-15(6-16(18)19)23-17(9-22)13(7-20)8-21/h4-6,10,23H,3,11H2,1-2H3. The molecular weight excluding hydrogens is 335 g/mol. The molecule has 0 fully saturated rings. The van der Waals surface area contributed by atoms with Crippen molar-refractivity contribution in [1.29, 1.82) is 15.8 Å². The predicted octanol–water partition coefficient (Wildman–Crippen LogP) is 3.17. The Morgan fingerprint density at radius 1 is 1.27 bits per heavy atom. The van der Waals surface area contributed by atoms with Gasteiger partial charge in [-0.3, -0.25) is 4.68 Å². The molecule has 0 aliphatic rings. The molecule has 0 unspecified atom stereocenters. The molecule has 0 aliphatic carbocycles. The van der Waals surface area contributed by atoms with Gasteiger partial charge < -0.3 is 10.1 Å². The average molecular weight is 350 g/mol. The van der Waals surface area contributed by atoms with E-state index in [0.29, 0.717) is 0 Å². The Hall–Kier alpha value is -3.83. The highest BCUT2D eigenvalue weighted by atomic mass is 19.1. The lowest BCUT2D eigenvalue weighted by Gasteiger charge is -2.09. The molecule has 7 nitrogen and oxygen atoms in total. The van der Waals surface area contributed by atoms with Gasteiger partial charge in [0.25, 0.3) is 0 Å². The zero-order chi connectivity index (χ0) is 19.1. The first-order chi connectivity index (χ1) is 12.5. The zero-order valence-electron chi connectivity index (χ0n) is 14.2. The van der Waals surface area contributed by atoms with Crippen molar-refractivity contribution in [2.24, 2.45) is 0 Å². The smallest absolute Gasteiger partial charge is 0.167 e. The maximum atomic E-state index is 14.2. The number of hydrogen-bond donors (Lipinski definition) is 1. The van der Waals surface area contributed by atoms with Crippen LogP contribution >= 0.6 is 0 Å². The second kappa shape index (κ2) is 8.32. The van der Waals surface area contributed by atoms with Crippen LogP contribution in [-0.2, 0) is 13.2 Å². The Labute approximate surface area is 150 Å². The lowest BCUT2D eigenvalue weighted by atomic mass is 10.2. The molecule has 0 amide bonds. The van der Waals surface area contributed by atoms with Gasteiger partial charge in [0.1, 0.15) is 30.5 Å². The summed E-state index contributed by atoms with van der Waals surface area (Å²) in [5.41, 5.74) is 1.28. The maximum absolute atomic E-state index is 14.2. The fraction of sp³-hybridized carbons (Fsp3) is 0.222. The van der Waals surface area contributed by atoms with Crippen LogP contribution in [-0.4, -0.2) is 9.78 Å². The van der Waals surface area contributed by atoms with Gasteiger partial charge in [-0.1, -0.05) is 0 Å². The Balaban J connectivity index is 2.14. The number of rotatable bonds is 6. The molecule has 0 atom stereocenters. The van der Waals surface area contributed by atoms with E-state index in [1.807, 2.05) is 20.0 Å². The van der Waals surface area contributed by atoms with Gasteiger partial charge in [0, 0.05) is 30.1 Å². The van der Waals surface area contributed by atoms with E-state index in [1.54, 1.807) is 22.9 Å². The van der Waals surface area contributed by atoms with Crippen molar-refractivity contribution >= 4 is 5.69 Å². The number of halogens is 1. The zero-order valence-corrected chi connectivity index (χ0v) is 14.2. The third-order valence-electron chi connectivity index (χ3n) is 3.54. The van der Waals surface area contributed by atoms with E-state index in [1.165, 1.54) is 12.1 Å². The Morgan fingerprint density at radius 2 is 2.00 bits per heavy atom. The highest BCUT2D eigenvalue weighted by molar-refractivity contribution is 5.59. The number of nitriles is 3. The van der Waals surface area contributed by atoms with Crippen LogP contribution in [0.15, 0.2) is 35.7 Å². The lowest BCUT2D eigenvalue weighted by Crippen LogP contribution is -2.02. The summed E-state index contributed by atoms with van der Waals surface area (Å²) in [6.45, 7) is 4.73. The summed E-state index contributed by atoms with van der Waals surface area (Å²) in [6.07, 6.45) is 1.85. The lowest BCUT2D eigenvalue weighted by molar-refractivity contribution is 0.289. The molecule has 0 spiro atoms. The highest BCUT2D eigenvalue weighted by Gasteiger charge is 2.11. The topological polar surface area (TPSA) is 110 Å². The summed E-state index contributed by atoms with van der Waals surface area (Å²) >= 11 is 0. The number of ether oxygens (including phenoxy) is 1. The molecule has 1 aromatic heterocycles. The van der Waals surface area contributed by atoms with Crippen molar-refractivity contribution in [2.75, 3.05) is 5.32 Å². The van der Waals surface area contributed by atoms with Crippen LogP contribution in [0.1, 0.15) is 18.2 Å². The number of nitrogens with one attached hydrogen (secondary N) is 1. The van der Waals surface area contributed by atoms with Gasteiger partial charge in [0.05, 0.1) is 5.69 Å². The quantitative estimate of drug-likeness (QED) is 0.801. The average Bonchev–Trinajstić information content (AvgIpc) is 3.01. The van der Waals surface area contributed by atoms with Crippen molar-refractivity contribution in [2.45, 2.75) is 27.0 Å². The van der Waals surface area contributed by atoms with E-state index in [9.17, 15) is 4.39 Å². The molecule has 0 saturated heterocycles. The van der Waals surface area contributed by atoms with Crippen LogP contribution < -0.4 is 10.1 Å². The summed E-state index contributed by atoms with van der Waals surface area (Å²) in [4.78, 5) is 0. The molecule has 1 heterocycles. The summed E-state index contributed by atoms with van der Waals surface area (Å²) in [5, 5.41) is 33.5. The van der Waals surface area contributed by atoms with Crippen LogP contribution in [0, 0.1) is 46.7 Å². The molecule has 26 heavy (non-hydrogen) atoms. The van der Waals surface area contributed by atoms with Gasteiger partial charge in [-0.2, -0.15) is 20.9 Å². The minimum atomic E-state index is -0.636. The third kappa shape index (κ3) is 4.17. The second-order valence-electron chi connectivity index (χ2n) is 5.24. The first-order valence-corrected chi connectivity index (χ1v) is 7.69. The van der Waals surface area contributed by atoms with Gasteiger partial charge in [0.15, 0.2) is 17.1 Å². The molecule has 0 aliphatic heterocycles. The monoisotopic (exact) mass is 350 g/mol. The molecule has 1 N–H and O–H groups in total. The molecular formula is C18H15FN6O. The Kier molecular flexibility index (Phi) is 5.92. The SMILES string of the molecule is CCn1cc(COc2ccc(NC(C#N)=C(C#N)C#N)cc2F)c(C)n1. The fourth-order valence-corrected chi connectivity index (χ4v) is 2.14. The van der Waals surface area contributed by atoms with Crippen LogP contribution in [0.2, 0.25) is 0 Å². The number of anilines is 1. The van der Waals surface area contributed by atoms with Crippen molar-refractivity contribution < 1.29 is 9.13 Å². The van der Waals surface area contributed by atoms with Crippen LogP contribution in [0.25, 0.3) is 0 Å². The van der Waals surface area contributed by atoms with Crippen LogP contribution in [0.3, 0.4) is 0 Å². The summed E-state index contributed by atoms with van der Waals surface area (Å²) < 4.78 is 21.5. The maximum Gasteiger partial charge on any atom is 0.167 e. The van der Waals surface area contributed by atoms with E-state index in [0.717, 1.165) is 23.9 Å². The molecule has 130 valence electrons. The molecule has 0 radical (unpaired) electrons. The minimum Gasteiger partial charge on any atom is -0.486 e. The summed E-state index contributed by atoms with van der Waals surface area (Å²) in [6, 6.07) is 8.95. The summed E-state index contributed by atoms with van der Waals surface area (Å²) in [7, 11) is 0. The van der Waals surface area contributed by atoms with Gasteiger partial charge in [0.2, 0.25) is 0 Å². The van der Waals surface area contributed by atoms with Crippen molar-refractivity contribution in [3.05, 3.63) is 52.7 Å². The molecule has 2 aromatic rings. The van der Waals surface area contributed by atoms with Gasteiger partial charge in [-0.15, -0.1) is 0 Å². The molecule has 2 rings (SSSR count). The normalized spacial score (nSPS) is 9.54. The molecule has 8 heteroatoms. The number of benzene rings is 1. The largest absolute Gasteiger partial charge is 0.486 e. The van der Waals surface area contributed by atoms with E-state index >= 15 is 0 Å². The van der Waals surface area contributed by atoms with Gasteiger partial charge in [-0.25, -0.2) is 4.39 Å². The van der Waals surface area contributed by atoms with Crippen molar-refractivity contribution in [1.82, 2.24) is 9.78 Å². The van der Waals surface area contributed by atoms with Gasteiger partial charge in [-0.05, 0) is 26.0 Å². The second-order valence-corrected chi connectivity index (χ2v) is 5.24. The molecule has 0 saturated carbocycles. The van der Waals surface area contributed by atoms with Crippen LogP contribution in [0.4, 0.5) is 10.1 Å². The molecule has 1 aromatic carbocycles. The fourth-order valence-electron chi connectivity index (χ4n) is 2.14. The number of aryl methyl sites for hydroxylation is 2. The van der Waals surface area contributed by atoms with Gasteiger partial charge >= 0.3 is 0 Å². The Bertz CT molecular complexity index is 955. The van der Waals surface area contributed by atoms with E-state index < -0.39 is 5.82 Å². The first kappa shape index (κ1) is 18.5. The first-order valence-electron chi connectivity index (χ1n) is 7.69. The third-order valence-corrected chi connectivity index (χ3v) is 3.54. The van der Waals surface area contributed by atoms with E-state index in [-0.39, 0.29) is 29.3 Å². The Morgan fingerprint density at radius 3 is 2.54 bits per heavy atom. The van der Waals surface area contributed by atoms with Crippen molar-refractivity contribution in [3.63, 3.8) is 0 Å². The number of nitrogens with zero attached hydrogens (tertiary/aromatic N) is 5. The summed E-state index contributed by atoms with van der Waals surface area (Å²) in [5.74, 6) is -0.592. The minimum absolute atomic E-state index is 0.0440. The number of allylic oxidation sites excluding steroid dienone is 2. The van der Waals surface area contributed by atoms with Crippen LogP contribution in [0.5, 0.6) is 5.75 Å². The van der Waals surface area contributed by atoms with E-state index in [2.05, 4.69) is 10.4 Å². The molecule has 0 bridgehead atoms. The van der Waals surface area contributed by atoms with E-state index in [4.69, 9.17) is 20.5 Å². The van der Waals surface area contributed by atoms with Crippen molar-refractivity contribution in [3.8, 4) is 24.0 Å². The highest BCUT2D eigenvalue weighted by Crippen LogP contribution is 2.23. The predicted molar refractivity (Wildman–Crippen MR) is 90.9 cm³/mol. The number of hydrogen-bond acceptors (Lipinski definition) is 6.